The van der Waals surface area contributed by atoms with Gasteiger partial charge in [0.05, 0.1) is 16.8 Å². The minimum atomic E-state index is -0.0335. The maximum Gasteiger partial charge on any atom is 0.260 e. The molecule has 28 heavy (non-hydrogen) atoms. The topological polar surface area (TPSA) is 33.2 Å². The third kappa shape index (κ3) is 4.01. The molecule has 140 valence electrons. The highest BCUT2D eigenvalue weighted by Crippen LogP contribution is 2.32. The number of hydrogen-bond acceptors (Lipinski definition) is 3. The number of thiazole rings is 1. The summed E-state index contributed by atoms with van der Waals surface area (Å²) < 4.78 is 2.06. The summed E-state index contributed by atoms with van der Waals surface area (Å²) in [4.78, 5) is 20.0. The molecule has 0 saturated carbocycles. The second-order valence-corrected chi connectivity index (χ2v) is 8.79. The van der Waals surface area contributed by atoms with Gasteiger partial charge in [-0.2, -0.15) is 0 Å². The van der Waals surface area contributed by atoms with E-state index >= 15 is 0 Å². The minimum Gasteiger partial charge on any atom is -0.279 e. The van der Waals surface area contributed by atoms with Gasteiger partial charge in [-0.25, -0.2) is 4.98 Å². The maximum atomic E-state index is 13.5. The molecule has 0 aliphatic rings. The van der Waals surface area contributed by atoms with Crippen molar-refractivity contribution >= 4 is 48.5 Å². The van der Waals surface area contributed by atoms with Crippen LogP contribution in [0.4, 0.5) is 5.13 Å². The summed E-state index contributed by atoms with van der Waals surface area (Å²) >= 11 is 5.05. The number of nitrogens with zero attached hydrogens (tertiary/aromatic N) is 2. The number of halogens is 1. The number of aryl methyl sites for hydroxylation is 2. The van der Waals surface area contributed by atoms with E-state index in [0.29, 0.717) is 17.2 Å². The molecule has 3 nitrogen and oxygen atoms in total. The number of amides is 1. The van der Waals surface area contributed by atoms with Gasteiger partial charge >= 0.3 is 0 Å². The third-order valence-electron chi connectivity index (χ3n) is 4.47. The molecular weight excluding hydrogens is 432 g/mol. The summed E-state index contributed by atoms with van der Waals surface area (Å²) in [6.45, 7) is 4.51. The van der Waals surface area contributed by atoms with Crippen LogP contribution in [0.1, 0.15) is 27.0 Å². The van der Waals surface area contributed by atoms with Crippen molar-refractivity contribution in [3.8, 4) is 0 Å². The zero-order chi connectivity index (χ0) is 19.7. The van der Waals surface area contributed by atoms with E-state index < -0.39 is 0 Å². The Morgan fingerprint density at radius 3 is 2.43 bits per heavy atom. The standard InChI is InChI=1S/C23H19BrN2OS/c1-15-10-16(2)12-18(11-15)22(27)26(14-17-6-4-3-5-7-17)23-25-20-9-8-19(24)13-21(20)28-23/h3-13H,14H2,1-2H3. The highest BCUT2D eigenvalue weighted by molar-refractivity contribution is 9.10. The van der Waals surface area contributed by atoms with Gasteiger partial charge in [0, 0.05) is 10.0 Å². The third-order valence-corrected chi connectivity index (χ3v) is 6.00. The second kappa shape index (κ2) is 7.86. The first-order chi connectivity index (χ1) is 13.5. The number of fused-ring (bicyclic) bond motifs is 1. The average Bonchev–Trinajstić information content (AvgIpc) is 3.08. The molecule has 0 atom stereocenters. The highest BCUT2D eigenvalue weighted by atomic mass is 79.9. The number of hydrogen-bond donors (Lipinski definition) is 0. The van der Waals surface area contributed by atoms with Crippen LogP contribution in [0.2, 0.25) is 0 Å². The fourth-order valence-electron chi connectivity index (χ4n) is 3.25. The Morgan fingerprint density at radius 1 is 1.00 bits per heavy atom. The van der Waals surface area contributed by atoms with E-state index in [4.69, 9.17) is 4.98 Å². The smallest absolute Gasteiger partial charge is 0.260 e. The maximum absolute atomic E-state index is 13.5. The fourth-order valence-corrected chi connectivity index (χ4v) is 4.76. The Kier molecular flexibility index (Phi) is 5.29. The van der Waals surface area contributed by atoms with Crippen LogP contribution in [-0.4, -0.2) is 10.9 Å². The molecule has 0 spiro atoms. The molecule has 1 amide bonds. The van der Waals surface area contributed by atoms with Crippen LogP contribution in [0.25, 0.3) is 10.2 Å². The van der Waals surface area contributed by atoms with E-state index in [2.05, 4.69) is 22.0 Å². The van der Waals surface area contributed by atoms with Gasteiger partial charge in [0.2, 0.25) is 0 Å². The Hall–Kier alpha value is -2.50. The fraction of sp³-hybridized carbons (Fsp3) is 0.130. The molecule has 0 fully saturated rings. The summed E-state index contributed by atoms with van der Waals surface area (Å²) in [7, 11) is 0. The average molecular weight is 451 g/mol. The largest absolute Gasteiger partial charge is 0.279 e. The van der Waals surface area contributed by atoms with Crippen molar-refractivity contribution in [2.24, 2.45) is 0 Å². The van der Waals surface area contributed by atoms with E-state index in [9.17, 15) is 4.79 Å². The van der Waals surface area contributed by atoms with Crippen LogP contribution >= 0.6 is 27.3 Å². The molecule has 4 aromatic rings. The molecule has 1 aromatic heterocycles. The van der Waals surface area contributed by atoms with E-state index in [0.717, 1.165) is 31.4 Å². The summed E-state index contributed by atoms with van der Waals surface area (Å²) in [5.74, 6) is -0.0335. The lowest BCUT2D eigenvalue weighted by molar-refractivity contribution is 0.0985. The van der Waals surface area contributed by atoms with Crippen molar-refractivity contribution in [1.82, 2.24) is 4.98 Å². The van der Waals surface area contributed by atoms with Crippen LogP contribution in [-0.2, 0) is 6.54 Å². The lowest BCUT2D eigenvalue weighted by atomic mass is 10.1. The van der Waals surface area contributed by atoms with Crippen molar-refractivity contribution < 1.29 is 4.79 Å². The highest BCUT2D eigenvalue weighted by Gasteiger charge is 2.22. The lowest BCUT2D eigenvalue weighted by Crippen LogP contribution is -2.30. The number of rotatable bonds is 4. The molecule has 5 heteroatoms. The normalized spacial score (nSPS) is 11.0. The quantitative estimate of drug-likeness (QED) is 0.354. The van der Waals surface area contributed by atoms with Crippen molar-refractivity contribution in [2.45, 2.75) is 20.4 Å². The van der Waals surface area contributed by atoms with E-state index in [1.165, 1.54) is 11.3 Å². The minimum absolute atomic E-state index is 0.0335. The molecule has 0 aliphatic carbocycles. The van der Waals surface area contributed by atoms with E-state index in [1.54, 1.807) is 4.90 Å². The summed E-state index contributed by atoms with van der Waals surface area (Å²) in [6.07, 6.45) is 0. The van der Waals surface area contributed by atoms with Crippen molar-refractivity contribution in [2.75, 3.05) is 4.90 Å². The van der Waals surface area contributed by atoms with Crippen molar-refractivity contribution in [3.05, 3.63) is 93.5 Å². The van der Waals surface area contributed by atoms with Crippen LogP contribution in [0.15, 0.2) is 71.2 Å². The number of carbonyl (C=O) groups is 1. The monoisotopic (exact) mass is 450 g/mol. The van der Waals surface area contributed by atoms with Gasteiger partial charge in [0.25, 0.3) is 5.91 Å². The number of anilines is 1. The molecule has 1 heterocycles. The van der Waals surface area contributed by atoms with Crippen molar-refractivity contribution in [3.63, 3.8) is 0 Å². The Bertz CT molecular complexity index is 1130. The van der Waals surface area contributed by atoms with Gasteiger partial charge in [-0.3, -0.25) is 9.69 Å². The molecular formula is C23H19BrN2OS. The molecule has 0 saturated heterocycles. The van der Waals surface area contributed by atoms with Crippen LogP contribution in [0.5, 0.6) is 0 Å². The van der Waals surface area contributed by atoms with Gasteiger partial charge in [-0.1, -0.05) is 74.8 Å². The molecule has 0 aliphatic heterocycles. The van der Waals surface area contributed by atoms with Crippen LogP contribution in [0, 0.1) is 13.8 Å². The van der Waals surface area contributed by atoms with Gasteiger partial charge in [-0.15, -0.1) is 0 Å². The molecule has 0 bridgehead atoms. The van der Waals surface area contributed by atoms with Crippen LogP contribution < -0.4 is 4.90 Å². The van der Waals surface area contributed by atoms with Gasteiger partial charge in [0.1, 0.15) is 0 Å². The summed E-state index contributed by atoms with van der Waals surface area (Å²) in [5, 5.41) is 0.709. The van der Waals surface area contributed by atoms with Gasteiger partial charge < -0.3 is 0 Å². The van der Waals surface area contributed by atoms with Gasteiger partial charge in [0.15, 0.2) is 5.13 Å². The number of benzene rings is 3. The predicted molar refractivity (Wildman–Crippen MR) is 120 cm³/mol. The molecule has 0 unspecified atom stereocenters. The number of aromatic nitrogens is 1. The summed E-state index contributed by atoms with van der Waals surface area (Å²) in [6, 6.07) is 22.0. The Morgan fingerprint density at radius 2 is 1.71 bits per heavy atom. The number of carbonyl (C=O) groups excluding carboxylic acids is 1. The molecule has 4 rings (SSSR count). The van der Waals surface area contributed by atoms with E-state index in [1.807, 2.05) is 74.5 Å². The zero-order valence-electron chi connectivity index (χ0n) is 15.6. The molecule has 0 radical (unpaired) electrons. The summed E-state index contributed by atoms with van der Waals surface area (Å²) in [5.41, 5.74) is 4.82. The SMILES string of the molecule is Cc1cc(C)cc(C(=O)N(Cc2ccccc2)c2nc3ccc(Br)cc3s2)c1. The Labute approximate surface area is 176 Å². The van der Waals surface area contributed by atoms with Crippen LogP contribution in [0.3, 0.4) is 0 Å². The first-order valence-corrected chi connectivity index (χ1v) is 10.6. The zero-order valence-corrected chi connectivity index (χ0v) is 18.0. The second-order valence-electron chi connectivity index (χ2n) is 6.86. The Balaban J connectivity index is 1.79. The van der Waals surface area contributed by atoms with Gasteiger partial charge in [-0.05, 0) is 49.7 Å². The van der Waals surface area contributed by atoms with E-state index in [-0.39, 0.29) is 5.91 Å². The predicted octanol–water partition coefficient (Wildman–Crippen LogP) is 6.52. The van der Waals surface area contributed by atoms with Crippen molar-refractivity contribution in [1.29, 1.82) is 0 Å². The molecule has 3 aromatic carbocycles. The molecule has 0 N–H and O–H groups in total. The lowest BCUT2D eigenvalue weighted by Gasteiger charge is -2.20. The first-order valence-electron chi connectivity index (χ1n) is 9.00. The first kappa shape index (κ1) is 18.8.